The number of hydrogen-bond acceptors (Lipinski definition) is 5. The number of carbonyl (C=O) groups is 2. The lowest BCUT2D eigenvalue weighted by atomic mass is 10.0. The van der Waals surface area contributed by atoms with Crippen molar-refractivity contribution >= 4 is 17.5 Å². The molecule has 176 valence electrons. The molecular weight excluding hydrogens is 416 g/mol. The summed E-state index contributed by atoms with van der Waals surface area (Å²) < 4.78 is 5.35. The van der Waals surface area contributed by atoms with E-state index in [4.69, 9.17) is 4.74 Å². The van der Waals surface area contributed by atoms with Crippen molar-refractivity contribution in [3.63, 3.8) is 0 Å². The number of amides is 2. The fourth-order valence-electron chi connectivity index (χ4n) is 4.70. The Bertz CT molecular complexity index is 931. The van der Waals surface area contributed by atoms with Crippen molar-refractivity contribution in [1.29, 1.82) is 0 Å². The third kappa shape index (κ3) is 6.19. The first-order chi connectivity index (χ1) is 16.0. The summed E-state index contributed by atoms with van der Waals surface area (Å²) in [5.74, 6) is 0.142. The van der Waals surface area contributed by atoms with Crippen molar-refractivity contribution in [3.8, 4) is 0 Å². The molecule has 0 aromatic heterocycles. The molecule has 2 heterocycles. The number of nitrogens with one attached hydrogen (secondary N) is 1. The summed E-state index contributed by atoms with van der Waals surface area (Å²) in [6.45, 7) is 10.1. The predicted octanol–water partition coefficient (Wildman–Crippen LogP) is 2.46. The van der Waals surface area contributed by atoms with E-state index in [0.717, 1.165) is 48.6 Å². The van der Waals surface area contributed by atoms with Gasteiger partial charge in [0, 0.05) is 45.0 Å². The molecule has 1 atom stereocenters. The second kappa shape index (κ2) is 10.9. The van der Waals surface area contributed by atoms with Gasteiger partial charge in [-0.15, -0.1) is 0 Å². The molecule has 0 radical (unpaired) electrons. The Morgan fingerprint density at radius 1 is 0.909 bits per heavy atom. The number of benzene rings is 2. The Labute approximate surface area is 196 Å². The number of morpholine rings is 1. The number of piperazine rings is 1. The number of rotatable bonds is 6. The van der Waals surface area contributed by atoms with Gasteiger partial charge in [0.2, 0.25) is 11.8 Å². The molecular formula is C26H34N4O3. The van der Waals surface area contributed by atoms with Crippen molar-refractivity contribution in [3.05, 3.63) is 65.2 Å². The van der Waals surface area contributed by atoms with Gasteiger partial charge in [-0.3, -0.25) is 19.4 Å². The van der Waals surface area contributed by atoms with Crippen molar-refractivity contribution in [1.82, 2.24) is 14.7 Å². The quantitative estimate of drug-likeness (QED) is 0.733. The number of nitrogens with zero attached hydrogens (tertiary/aromatic N) is 3. The third-order valence-corrected chi connectivity index (χ3v) is 6.35. The highest BCUT2D eigenvalue weighted by Gasteiger charge is 2.31. The topological polar surface area (TPSA) is 65.1 Å². The zero-order valence-electron chi connectivity index (χ0n) is 19.6. The van der Waals surface area contributed by atoms with Crippen LogP contribution in [0.1, 0.15) is 22.7 Å². The van der Waals surface area contributed by atoms with Crippen LogP contribution in [0.25, 0.3) is 0 Å². The van der Waals surface area contributed by atoms with Crippen LogP contribution in [0.15, 0.2) is 48.5 Å². The SMILES string of the molecule is Cc1cc(C)cc(NC(=O)[C@@H](c2ccccc2)N2CCN(CC(=O)N3CCOCC3)CC2)c1. The number of aryl methyl sites for hydroxylation is 2. The van der Waals surface area contributed by atoms with E-state index >= 15 is 0 Å². The molecule has 2 aromatic carbocycles. The second-order valence-electron chi connectivity index (χ2n) is 8.98. The number of anilines is 1. The van der Waals surface area contributed by atoms with E-state index in [1.54, 1.807) is 0 Å². The lowest BCUT2D eigenvalue weighted by Crippen LogP contribution is -2.53. The Balaban J connectivity index is 1.41. The molecule has 2 amide bonds. The summed E-state index contributed by atoms with van der Waals surface area (Å²) in [4.78, 5) is 32.4. The Kier molecular flexibility index (Phi) is 7.75. The Morgan fingerprint density at radius 2 is 1.55 bits per heavy atom. The first-order valence-corrected chi connectivity index (χ1v) is 11.8. The fraction of sp³-hybridized carbons (Fsp3) is 0.462. The van der Waals surface area contributed by atoms with Crippen LogP contribution in [0.5, 0.6) is 0 Å². The zero-order valence-corrected chi connectivity index (χ0v) is 19.6. The maximum absolute atomic E-state index is 13.5. The lowest BCUT2D eigenvalue weighted by Gasteiger charge is -2.39. The summed E-state index contributed by atoms with van der Waals surface area (Å²) >= 11 is 0. The van der Waals surface area contributed by atoms with Crippen LogP contribution >= 0.6 is 0 Å². The van der Waals surface area contributed by atoms with Crippen LogP contribution in [0.2, 0.25) is 0 Å². The van der Waals surface area contributed by atoms with Gasteiger partial charge in [-0.2, -0.15) is 0 Å². The third-order valence-electron chi connectivity index (χ3n) is 6.35. The van der Waals surface area contributed by atoms with Crippen molar-refractivity contribution in [2.45, 2.75) is 19.9 Å². The summed E-state index contributed by atoms with van der Waals surface area (Å²) in [7, 11) is 0. The second-order valence-corrected chi connectivity index (χ2v) is 8.98. The van der Waals surface area contributed by atoms with Gasteiger partial charge in [0.15, 0.2) is 0 Å². The first kappa shape index (κ1) is 23.4. The lowest BCUT2D eigenvalue weighted by molar-refractivity contribution is -0.137. The molecule has 2 aliphatic heterocycles. The summed E-state index contributed by atoms with van der Waals surface area (Å²) in [5.41, 5.74) is 4.06. The van der Waals surface area contributed by atoms with E-state index in [1.807, 2.05) is 61.2 Å². The van der Waals surface area contributed by atoms with E-state index in [9.17, 15) is 9.59 Å². The molecule has 0 saturated carbocycles. The van der Waals surface area contributed by atoms with Gasteiger partial charge in [0.1, 0.15) is 6.04 Å². The number of hydrogen-bond donors (Lipinski definition) is 1. The van der Waals surface area contributed by atoms with E-state index in [1.165, 1.54) is 0 Å². The molecule has 0 aliphatic carbocycles. The molecule has 2 saturated heterocycles. The summed E-state index contributed by atoms with van der Waals surface area (Å²) in [5, 5.41) is 3.14. The molecule has 33 heavy (non-hydrogen) atoms. The highest BCUT2D eigenvalue weighted by Crippen LogP contribution is 2.25. The van der Waals surface area contributed by atoms with Gasteiger partial charge in [-0.05, 0) is 42.7 Å². The van der Waals surface area contributed by atoms with Crippen LogP contribution in [0.3, 0.4) is 0 Å². The smallest absolute Gasteiger partial charge is 0.246 e. The van der Waals surface area contributed by atoms with E-state index < -0.39 is 0 Å². The Morgan fingerprint density at radius 3 is 2.18 bits per heavy atom. The largest absolute Gasteiger partial charge is 0.378 e. The molecule has 0 spiro atoms. The first-order valence-electron chi connectivity index (χ1n) is 11.8. The number of ether oxygens (including phenoxy) is 1. The molecule has 0 bridgehead atoms. The van der Waals surface area contributed by atoms with Crippen molar-refractivity contribution < 1.29 is 14.3 Å². The maximum Gasteiger partial charge on any atom is 0.246 e. The van der Waals surface area contributed by atoms with E-state index in [0.29, 0.717) is 32.8 Å². The van der Waals surface area contributed by atoms with Crippen molar-refractivity contribution in [2.75, 3.05) is 64.3 Å². The van der Waals surface area contributed by atoms with Crippen LogP contribution in [-0.4, -0.2) is 85.5 Å². The molecule has 1 N–H and O–H groups in total. The van der Waals surface area contributed by atoms with E-state index in [-0.39, 0.29) is 17.9 Å². The highest BCUT2D eigenvalue weighted by molar-refractivity contribution is 5.95. The molecule has 2 aliphatic rings. The van der Waals surface area contributed by atoms with Crippen LogP contribution < -0.4 is 5.32 Å². The predicted molar refractivity (Wildman–Crippen MR) is 129 cm³/mol. The average molecular weight is 451 g/mol. The van der Waals surface area contributed by atoms with Crippen LogP contribution in [0.4, 0.5) is 5.69 Å². The summed E-state index contributed by atoms with van der Waals surface area (Å²) in [6.07, 6.45) is 0. The van der Waals surface area contributed by atoms with Gasteiger partial charge < -0.3 is 15.0 Å². The Hall–Kier alpha value is -2.74. The van der Waals surface area contributed by atoms with Crippen LogP contribution in [0, 0.1) is 13.8 Å². The molecule has 4 rings (SSSR count). The minimum absolute atomic E-state index is 0.0240. The zero-order chi connectivity index (χ0) is 23.2. The van der Waals surface area contributed by atoms with Gasteiger partial charge in [0.25, 0.3) is 0 Å². The minimum atomic E-state index is -0.371. The molecule has 7 nitrogen and oxygen atoms in total. The van der Waals surface area contributed by atoms with E-state index in [2.05, 4.69) is 21.2 Å². The van der Waals surface area contributed by atoms with Gasteiger partial charge in [-0.1, -0.05) is 36.4 Å². The molecule has 0 unspecified atom stereocenters. The fourth-order valence-corrected chi connectivity index (χ4v) is 4.70. The minimum Gasteiger partial charge on any atom is -0.378 e. The molecule has 2 fully saturated rings. The average Bonchev–Trinajstić information content (AvgIpc) is 2.81. The monoisotopic (exact) mass is 450 g/mol. The normalized spacial score (nSPS) is 18.7. The maximum atomic E-state index is 13.5. The number of carbonyl (C=O) groups excluding carboxylic acids is 2. The molecule has 7 heteroatoms. The van der Waals surface area contributed by atoms with Crippen molar-refractivity contribution in [2.24, 2.45) is 0 Å². The van der Waals surface area contributed by atoms with Gasteiger partial charge >= 0.3 is 0 Å². The van der Waals surface area contributed by atoms with Crippen LogP contribution in [-0.2, 0) is 14.3 Å². The van der Waals surface area contributed by atoms with Gasteiger partial charge in [-0.25, -0.2) is 0 Å². The highest BCUT2D eigenvalue weighted by atomic mass is 16.5. The summed E-state index contributed by atoms with van der Waals surface area (Å²) in [6, 6.07) is 15.7. The van der Waals surface area contributed by atoms with Gasteiger partial charge in [0.05, 0.1) is 19.8 Å². The molecule has 2 aromatic rings. The standard InChI is InChI=1S/C26H34N4O3/c1-20-16-21(2)18-23(17-20)27-26(32)25(22-6-4-3-5-7-22)30-10-8-28(9-11-30)19-24(31)29-12-14-33-15-13-29/h3-7,16-18,25H,8-15,19H2,1-2H3,(H,27,32)/t25-/m1/s1.